The summed E-state index contributed by atoms with van der Waals surface area (Å²) < 4.78 is 1.10. The van der Waals surface area contributed by atoms with Crippen molar-refractivity contribution >= 4 is 28.5 Å². The van der Waals surface area contributed by atoms with E-state index >= 15 is 0 Å². The minimum absolute atomic E-state index is 0.146. The Bertz CT molecular complexity index is 390. The Morgan fingerprint density at radius 3 is 2.81 bits per heavy atom. The standard InChI is InChI=1S/C12H15IN2O/c1-2-15(11-7-14-8-11)12(16)9-4-3-5-10(13)6-9/h3-6,11,14H,2,7-8H2,1H3. The second-order valence-corrected chi connectivity index (χ2v) is 5.16. The average Bonchev–Trinajstić information content (AvgIpc) is 2.22. The molecule has 86 valence electrons. The highest BCUT2D eigenvalue weighted by Crippen LogP contribution is 2.13. The quantitative estimate of drug-likeness (QED) is 0.856. The van der Waals surface area contributed by atoms with Gasteiger partial charge in [-0.3, -0.25) is 4.79 Å². The summed E-state index contributed by atoms with van der Waals surface area (Å²) in [5, 5.41) is 3.20. The van der Waals surface area contributed by atoms with Gasteiger partial charge >= 0.3 is 0 Å². The van der Waals surface area contributed by atoms with Crippen LogP contribution in [0.25, 0.3) is 0 Å². The van der Waals surface area contributed by atoms with E-state index in [1.54, 1.807) is 0 Å². The number of hydrogen-bond donors (Lipinski definition) is 1. The van der Waals surface area contributed by atoms with Gasteiger partial charge in [-0.25, -0.2) is 0 Å². The van der Waals surface area contributed by atoms with Crippen molar-refractivity contribution < 1.29 is 4.79 Å². The van der Waals surface area contributed by atoms with Gasteiger partial charge in [0.05, 0.1) is 6.04 Å². The van der Waals surface area contributed by atoms with E-state index < -0.39 is 0 Å². The first kappa shape index (κ1) is 11.9. The van der Waals surface area contributed by atoms with E-state index in [0.29, 0.717) is 6.04 Å². The Kier molecular flexibility index (Phi) is 3.81. The van der Waals surface area contributed by atoms with Gasteiger partial charge in [0.1, 0.15) is 0 Å². The molecule has 3 nitrogen and oxygen atoms in total. The maximum Gasteiger partial charge on any atom is 0.254 e. The molecule has 1 aromatic carbocycles. The molecule has 1 saturated heterocycles. The lowest BCUT2D eigenvalue weighted by molar-refractivity contribution is 0.0630. The molecule has 0 aliphatic carbocycles. The van der Waals surface area contributed by atoms with Crippen LogP contribution in [0.2, 0.25) is 0 Å². The van der Waals surface area contributed by atoms with Crippen LogP contribution in [0.4, 0.5) is 0 Å². The minimum atomic E-state index is 0.146. The number of likely N-dealkylation sites (N-methyl/N-ethyl adjacent to an activating group) is 1. The monoisotopic (exact) mass is 330 g/mol. The molecule has 0 unspecified atom stereocenters. The fraction of sp³-hybridized carbons (Fsp3) is 0.417. The molecule has 0 saturated carbocycles. The molecule has 1 heterocycles. The zero-order valence-corrected chi connectivity index (χ0v) is 11.4. The van der Waals surface area contributed by atoms with Gasteiger partial charge in [0, 0.05) is 28.8 Å². The molecule has 0 aromatic heterocycles. The van der Waals surface area contributed by atoms with Gasteiger partial charge in [-0.1, -0.05) is 6.07 Å². The fourth-order valence-electron chi connectivity index (χ4n) is 1.85. The lowest BCUT2D eigenvalue weighted by Gasteiger charge is -2.37. The summed E-state index contributed by atoms with van der Waals surface area (Å²) in [5.74, 6) is 0.146. The van der Waals surface area contributed by atoms with E-state index in [9.17, 15) is 4.79 Å². The number of carbonyl (C=O) groups excluding carboxylic acids is 1. The van der Waals surface area contributed by atoms with Crippen molar-refractivity contribution in [3.8, 4) is 0 Å². The summed E-state index contributed by atoms with van der Waals surface area (Å²) in [6, 6.07) is 8.13. The Morgan fingerprint density at radius 1 is 1.56 bits per heavy atom. The van der Waals surface area contributed by atoms with Gasteiger partial charge in [-0.2, -0.15) is 0 Å². The van der Waals surface area contributed by atoms with Crippen LogP contribution in [0, 0.1) is 3.57 Å². The normalized spacial score (nSPS) is 15.6. The van der Waals surface area contributed by atoms with Crippen LogP contribution in [0.15, 0.2) is 24.3 Å². The zero-order chi connectivity index (χ0) is 11.5. The molecule has 0 radical (unpaired) electrons. The first-order valence-corrected chi connectivity index (χ1v) is 6.57. The summed E-state index contributed by atoms with van der Waals surface area (Å²) >= 11 is 2.23. The molecule has 2 rings (SSSR count). The third kappa shape index (κ3) is 2.38. The molecule has 0 spiro atoms. The maximum atomic E-state index is 12.3. The fourth-order valence-corrected chi connectivity index (χ4v) is 2.39. The Morgan fingerprint density at radius 2 is 2.31 bits per heavy atom. The van der Waals surface area contributed by atoms with Gasteiger partial charge < -0.3 is 10.2 Å². The molecule has 1 N–H and O–H groups in total. The van der Waals surface area contributed by atoms with Crippen molar-refractivity contribution in [2.75, 3.05) is 19.6 Å². The second kappa shape index (κ2) is 5.14. The molecular weight excluding hydrogens is 315 g/mol. The predicted molar refractivity (Wildman–Crippen MR) is 72.5 cm³/mol. The SMILES string of the molecule is CCN(C(=O)c1cccc(I)c1)C1CNC1. The Labute approximate surface area is 109 Å². The van der Waals surface area contributed by atoms with Crippen molar-refractivity contribution in [3.05, 3.63) is 33.4 Å². The summed E-state index contributed by atoms with van der Waals surface area (Å²) in [5.41, 5.74) is 0.792. The van der Waals surface area contributed by atoms with E-state index in [0.717, 1.165) is 28.8 Å². The highest BCUT2D eigenvalue weighted by molar-refractivity contribution is 14.1. The van der Waals surface area contributed by atoms with Crippen LogP contribution < -0.4 is 5.32 Å². The summed E-state index contributed by atoms with van der Waals surface area (Å²) in [6.07, 6.45) is 0. The lowest BCUT2D eigenvalue weighted by Crippen LogP contribution is -2.58. The third-order valence-corrected chi connectivity index (χ3v) is 3.54. The first-order valence-electron chi connectivity index (χ1n) is 5.49. The van der Waals surface area contributed by atoms with Crippen molar-refractivity contribution in [3.63, 3.8) is 0 Å². The molecule has 0 bridgehead atoms. The lowest BCUT2D eigenvalue weighted by atomic mass is 10.1. The minimum Gasteiger partial charge on any atom is -0.333 e. The van der Waals surface area contributed by atoms with Crippen LogP contribution >= 0.6 is 22.6 Å². The van der Waals surface area contributed by atoms with Gasteiger partial charge in [0.25, 0.3) is 5.91 Å². The molecular formula is C12H15IN2O. The maximum absolute atomic E-state index is 12.3. The number of amides is 1. The molecule has 1 aromatic rings. The Balaban J connectivity index is 2.16. The first-order chi connectivity index (χ1) is 7.72. The van der Waals surface area contributed by atoms with Gasteiger partial charge in [-0.05, 0) is 47.7 Å². The van der Waals surface area contributed by atoms with Crippen molar-refractivity contribution in [1.29, 1.82) is 0 Å². The van der Waals surface area contributed by atoms with Crippen molar-refractivity contribution in [1.82, 2.24) is 10.2 Å². The molecule has 1 amide bonds. The van der Waals surface area contributed by atoms with Crippen LogP contribution in [0.3, 0.4) is 0 Å². The number of benzene rings is 1. The third-order valence-electron chi connectivity index (χ3n) is 2.87. The highest BCUT2D eigenvalue weighted by Gasteiger charge is 2.27. The van der Waals surface area contributed by atoms with E-state index in [4.69, 9.17) is 0 Å². The average molecular weight is 330 g/mol. The second-order valence-electron chi connectivity index (χ2n) is 3.91. The van der Waals surface area contributed by atoms with Crippen LogP contribution in [-0.2, 0) is 0 Å². The molecule has 1 aliphatic rings. The van der Waals surface area contributed by atoms with Gasteiger partial charge in [0.2, 0.25) is 0 Å². The van der Waals surface area contributed by atoms with Crippen LogP contribution in [0.5, 0.6) is 0 Å². The van der Waals surface area contributed by atoms with E-state index in [-0.39, 0.29) is 5.91 Å². The van der Waals surface area contributed by atoms with E-state index in [1.165, 1.54) is 0 Å². The van der Waals surface area contributed by atoms with Gasteiger partial charge in [-0.15, -0.1) is 0 Å². The molecule has 0 atom stereocenters. The summed E-state index contributed by atoms with van der Waals surface area (Å²) in [6.45, 7) is 4.65. The number of rotatable bonds is 3. The van der Waals surface area contributed by atoms with E-state index in [2.05, 4.69) is 27.9 Å². The van der Waals surface area contributed by atoms with Crippen molar-refractivity contribution in [2.45, 2.75) is 13.0 Å². The molecule has 1 aliphatic heterocycles. The topological polar surface area (TPSA) is 32.3 Å². The molecule has 4 heteroatoms. The molecule has 16 heavy (non-hydrogen) atoms. The number of nitrogens with zero attached hydrogens (tertiary/aromatic N) is 1. The van der Waals surface area contributed by atoms with Crippen LogP contribution in [-0.4, -0.2) is 36.5 Å². The Hall–Kier alpha value is -0.620. The largest absolute Gasteiger partial charge is 0.333 e. The number of nitrogens with one attached hydrogen (secondary N) is 1. The van der Waals surface area contributed by atoms with Gasteiger partial charge in [0.15, 0.2) is 0 Å². The predicted octanol–water partition coefficient (Wildman–Crippen LogP) is 1.73. The number of halogens is 1. The summed E-state index contributed by atoms with van der Waals surface area (Å²) in [7, 11) is 0. The van der Waals surface area contributed by atoms with Crippen molar-refractivity contribution in [2.24, 2.45) is 0 Å². The smallest absolute Gasteiger partial charge is 0.254 e. The highest BCUT2D eigenvalue weighted by atomic mass is 127. The van der Waals surface area contributed by atoms with E-state index in [1.807, 2.05) is 36.1 Å². The zero-order valence-electron chi connectivity index (χ0n) is 9.24. The number of carbonyl (C=O) groups is 1. The number of hydrogen-bond acceptors (Lipinski definition) is 2. The summed E-state index contributed by atoms with van der Waals surface area (Å²) in [4.78, 5) is 14.2. The molecule has 1 fully saturated rings. The van der Waals surface area contributed by atoms with Crippen LogP contribution in [0.1, 0.15) is 17.3 Å².